The summed E-state index contributed by atoms with van der Waals surface area (Å²) in [6.45, 7) is -3.26. The molecule has 20 heavy (non-hydrogen) atoms. The average Bonchev–Trinajstić information content (AvgIpc) is 2.27. The Balaban J connectivity index is 3.19. The predicted molar refractivity (Wildman–Crippen MR) is 52.4 cm³/mol. The molecule has 0 spiro atoms. The zero-order chi connectivity index (χ0) is 15.5. The van der Waals surface area contributed by atoms with Crippen LogP contribution in [0.4, 0.5) is 22.0 Å². The summed E-state index contributed by atoms with van der Waals surface area (Å²) >= 11 is 0. The normalized spacial score (nSPS) is 13.2. The fourth-order valence-electron chi connectivity index (χ4n) is 1.27. The van der Waals surface area contributed by atoms with Gasteiger partial charge in [0.2, 0.25) is 0 Å². The minimum atomic E-state index is -5.14. The number of rotatable bonds is 5. The van der Waals surface area contributed by atoms with Crippen molar-refractivity contribution in [3.05, 3.63) is 23.8 Å². The fraction of sp³-hybridized carbons (Fsp3) is 0.300. The Hall–Kier alpha value is -2.10. The monoisotopic (exact) mass is 302 g/mol. The van der Waals surface area contributed by atoms with Crippen LogP contribution in [0.1, 0.15) is 11.7 Å². The van der Waals surface area contributed by atoms with Gasteiger partial charge in [0.15, 0.2) is 6.10 Å². The molecule has 1 atom stereocenters. The van der Waals surface area contributed by atoms with Gasteiger partial charge in [0, 0.05) is 5.56 Å². The van der Waals surface area contributed by atoms with Gasteiger partial charge >= 0.3 is 18.9 Å². The molecule has 0 bridgehead atoms. The third kappa shape index (κ3) is 4.53. The summed E-state index contributed by atoms with van der Waals surface area (Å²) in [5, 5.41) is 17.8. The van der Waals surface area contributed by atoms with Crippen LogP contribution in [0.25, 0.3) is 0 Å². The maximum atomic E-state index is 12.1. The van der Waals surface area contributed by atoms with Gasteiger partial charge in [-0.1, -0.05) is 0 Å². The van der Waals surface area contributed by atoms with Gasteiger partial charge in [-0.15, -0.1) is 13.2 Å². The number of halogens is 5. The molecule has 1 aromatic carbocycles. The highest BCUT2D eigenvalue weighted by Gasteiger charge is 2.34. The summed E-state index contributed by atoms with van der Waals surface area (Å²) in [7, 11) is 0. The molecule has 1 aromatic rings. The van der Waals surface area contributed by atoms with Crippen molar-refractivity contribution in [2.45, 2.75) is 19.1 Å². The second-order valence-corrected chi connectivity index (χ2v) is 3.37. The Labute approximate surface area is 108 Å². The number of carboxylic acids is 1. The van der Waals surface area contributed by atoms with Crippen molar-refractivity contribution < 1.29 is 46.4 Å². The van der Waals surface area contributed by atoms with E-state index in [-0.39, 0.29) is 0 Å². The van der Waals surface area contributed by atoms with Crippen LogP contribution >= 0.6 is 0 Å². The van der Waals surface area contributed by atoms with E-state index in [0.29, 0.717) is 18.2 Å². The number of carboxylic acid groups (broad SMARTS) is 1. The minimum Gasteiger partial charge on any atom is -0.479 e. The molecule has 0 amide bonds. The van der Waals surface area contributed by atoms with Crippen LogP contribution in [0.3, 0.4) is 0 Å². The molecule has 1 rings (SSSR count). The van der Waals surface area contributed by atoms with E-state index in [1.807, 2.05) is 0 Å². The molecule has 2 N–H and O–H groups in total. The third-order valence-corrected chi connectivity index (χ3v) is 1.96. The summed E-state index contributed by atoms with van der Waals surface area (Å²) in [6.07, 6.45) is -7.54. The SMILES string of the molecule is O=C(O)C(O)c1cc(OC(F)F)ccc1OC(F)(F)F. The highest BCUT2D eigenvalue weighted by molar-refractivity contribution is 5.75. The van der Waals surface area contributed by atoms with Crippen molar-refractivity contribution in [3.8, 4) is 11.5 Å². The molecule has 0 aliphatic heterocycles. The Morgan fingerprint density at radius 2 is 1.85 bits per heavy atom. The first-order valence-electron chi connectivity index (χ1n) is 4.85. The molecule has 0 saturated heterocycles. The van der Waals surface area contributed by atoms with Gasteiger partial charge in [0.05, 0.1) is 0 Å². The number of aliphatic carboxylic acids is 1. The maximum absolute atomic E-state index is 12.1. The molecule has 0 fully saturated rings. The quantitative estimate of drug-likeness (QED) is 0.816. The van der Waals surface area contributed by atoms with E-state index in [9.17, 15) is 31.9 Å². The smallest absolute Gasteiger partial charge is 0.479 e. The first-order valence-corrected chi connectivity index (χ1v) is 4.85. The van der Waals surface area contributed by atoms with Crippen LogP contribution in [-0.4, -0.2) is 29.2 Å². The van der Waals surface area contributed by atoms with E-state index >= 15 is 0 Å². The number of carbonyl (C=O) groups is 1. The molecule has 0 aromatic heterocycles. The lowest BCUT2D eigenvalue weighted by Crippen LogP contribution is -2.20. The van der Waals surface area contributed by atoms with E-state index in [0.717, 1.165) is 0 Å². The second-order valence-electron chi connectivity index (χ2n) is 3.37. The predicted octanol–water partition coefficient (Wildman–Crippen LogP) is 2.30. The molecule has 0 radical (unpaired) electrons. The number of benzene rings is 1. The number of alkyl halides is 5. The van der Waals surface area contributed by atoms with E-state index in [1.165, 1.54) is 0 Å². The third-order valence-electron chi connectivity index (χ3n) is 1.96. The molecule has 0 aliphatic rings. The number of hydrogen-bond acceptors (Lipinski definition) is 4. The Morgan fingerprint density at radius 1 is 1.25 bits per heavy atom. The zero-order valence-corrected chi connectivity index (χ0v) is 9.40. The van der Waals surface area contributed by atoms with E-state index < -0.39 is 42.1 Å². The molecule has 10 heteroatoms. The highest BCUT2D eigenvalue weighted by atomic mass is 19.4. The summed E-state index contributed by atoms with van der Waals surface area (Å²) < 4.78 is 67.6. The standard InChI is InChI=1S/C10H7F5O5/c11-9(12)19-4-1-2-6(20-10(13,14)15)5(3-4)7(16)8(17)18/h1-3,7,9,16H,(H,17,18). The molecule has 112 valence electrons. The van der Waals surface area contributed by atoms with Crippen LogP contribution in [0.2, 0.25) is 0 Å². The van der Waals surface area contributed by atoms with E-state index in [2.05, 4.69) is 9.47 Å². The van der Waals surface area contributed by atoms with Crippen LogP contribution < -0.4 is 9.47 Å². The maximum Gasteiger partial charge on any atom is 0.573 e. The summed E-state index contributed by atoms with van der Waals surface area (Å²) in [4.78, 5) is 10.6. The molecular weight excluding hydrogens is 295 g/mol. The number of hydrogen-bond donors (Lipinski definition) is 2. The highest BCUT2D eigenvalue weighted by Crippen LogP contribution is 2.33. The molecule has 0 saturated carbocycles. The van der Waals surface area contributed by atoms with E-state index in [1.54, 1.807) is 0 Å². The summed E-state index contributed by atoms with van der Waals surface area (Å²) in [5.41, 5.74) is -0.868. The van der Waals surface area contributed by atoms with Crippen molar-refractivity contribution in [3.63, 3.8) is 0 Å². The van der Waals surface area contributed by atoms with Gasteiger partial charge in [-0.2, -0.15) is 8.78 Å². The molecular formula is C10H7F5O5. The van der Waals surface area contributed by atoms with Gasteiger partial charge < -0.3 is 19.7 Å². The van der Waals surface area contributed by atoms with Crippen LogP contribution in [0.15, 0.2) is 18.2 Å². The average molecular weight is 302 g/mol. The summed E-state index contributed by atoms with van der Waals surface area (Å²) in [5.74, 6) is -3.54. The fourth-order valence-corrected chi connectivity index (χ4v) is 1.27. The number of aliphatic hydroxyl groups is 1. The Bertz CT molecular complexity index is 487. The molecule has 5 nitrogen and oxygen atoms in total. The van der Waals surface area contributed by atoms with Gasteiger partial charge in [-0.05, 0) is 18.2 Å². The van der Waals surface area contributed by atoms with Crippen molar-refractivity contribution in [1.29, 1.82) is 0 Å². The van der Waals surface area contributed by atoms with Gasteiger partial charge in [-0.25, -0.2) is 4.79 Å². The van der Waals surface area contributed by atoms with Gasteiger partial charge in [-0.3, -0.25) is 0 Å². The molecule has 0 aliphatic carbocycles. The lowest BCUT2D eigenvalue weighted by molar-refractivity contribution is -0.275. The van der Waals surface area contributed by atoms with Crippen molar-refractivity contribution >= 4 is 5.97 Å². The lowest BCUT2D eigenvalue weighted by atomic mass is 10.1. The topological polar surface area (TPSA) is 76.0 Å². The van der Waals surface area contributed by atoms with Crippen LogP contribution in [0.5, 0.6) is 11.5 Å². The van der Waals surface area contributed by atoms with Gasteiger partial charge in [0.1, 0.15) is 11.5 Å². The van der Waals surface area contributed by atoms with Crippen LogP contribution in [-0.2, 0) is 4.79 Å². The van der Waals surface area contributed by atoms with Crippen molar-refractivity contribution in [2.75, 3.05) is 0 Å². The lowest BCUT2D eigenvalue weighted by Gasteiger charge is -2.16. The largest absolute Gasteiger partial charge is 0.573 e. The Morgan fingerprint density at radius 3 is 2.30 bits per heavy atom. The van der Waals surface area contributed by atoms with Crippen molar-refractivity contribution in [1.82, 2.24) is 0 Å². The molecule has 0 heterocycles. The number of ether oxygens (including phenoxy) is 2. The minimum absolute atomic E-state index is 0.520. The van der Waals surface area contributed by atoms with Gasteiger partial charge in [0.25, 0.3) is 0 Å². The molecule has 1 unspecified atom stereocenters. The zero-order valence-electron chi connectivity index (χ0n) is 9.40. The number of aliphatic hydroxyl groups excluding tert-OH is 1. The first-order chi connectivity index (χ1) is 9.10. The summed E-state index contributed by atoms with van der Waals surface area (Å²) in [6, 6.07) is 1.80. The van der Waals surface area contributed by atoms with Crippen LogP contribution in [0, 0.1) is 0 Å². The Kier molecular flexibility index (Phi) is 4.71. The second kappa shape index (κ2) is 5.90. The van der Waals surface area contributed by atoms with E-state index in [4.69, 9.17) is 5.11 Å². The first kappa shape index (κ1) is 16.0. The van der Waals surface area contributed by atoms with Crippen molar-refractivity contribution in [2.24, 2.45) is 0 Å².